The number of piperazine rings is 1. The molecule has 1 fully saturated rings. The summed E-state index contributed by atoms with van der Waals surface area (Å²) < 4.78 is 7.46. The van der Waals surface area contributed by atoms with E-state index in [0.717, 1.165) is 48.4 Å². The van der Waals surface area contributed by atoms with Crippen molar-refractivity contribution in [1.82, 2.24) is 25.0 Å². The van der Waals surface area contributed by atoms with Crippen LogP contribution in [0, 0.1) is 6.92 Å². The Balaban J connectivity index is 1.50. The molecule has 0 bridgehead atoms. The van der Waals surface area contributed by atoms with Crippen LogP contribution in [0.3, 0.4) is 0 Å². The smallest absolute Gasteiger partial charge is 0.298 e. The van der Waals surface area contributed by atoms with E-state index >= 15 is 0 Å². The lowest BCUT2D eigenvalue weighted by atomic mass is 10.0. The second-order valence-corrected chi connectivity index (χ2v) is 7.91. The van der Waals surface area contributed by atoms with Crippen LogP contribution in [-0.4, -0.2) is 65.5 Å². The first kappa shape index (κ1) is 21.5. The maximum Gasteiger partial charge on any atom is 0.298 e. The van der Waals surface area contributed by atoms with Crippen LogP contribution in [0.1, 0.15) is 21.7 Å². The molecule has 0 aliphatic carbocycles. The first-order valence-electron chi connectivity index (χ1n) is 10.4. The number of aliphatic imine (C=N–C) groups is 1. The number of rotatable bonds is 6. The molecule has 9 nitrogen and oxygen atoms in total. The molecule has 3 aromatic rings. The first-order valence-corrected chi connectivity index (χ1v) is 10.4. The molecule has 0 spiro atoms. The molecule has 1 N–H and O–H groups in total. The standard InChI is InChI=1S/C23H27N7O2/c1-16-5-6-17(19-13-26-29(4)15-19)11-18(16)12-21(24-2)27-22(31)20-14-25-23(32-20)30-9-7-28(3)8-10-30/h5-6,11-15H,2,7-10H2,1,3-4H3,(H,27,31)/b21-12+. The van der Waals surface area contributed by atoms with Gasteiger partial charge in [0.2, 0.25) is 5.76 Å². The van der Waals surface area contributed by atoms with Gasteiger partial charge in [0.25, 0.3) is 11.9 Å². The highest BCUT2D eigenvalue weighted by molar-refractivity contribution is 5.93. The highest BCUT2D eigenvalue weighted by atomic mass is 16.4. The van der Waals surface area contributed by atoms with E-state index < -0.39 is 5.91 Å². The van der Waals surface area contributed by atoms with E-state index in [1.807, 2.05) is 49.5 Å². The molecular weight excluding hydrogens is 406 g/mol. The second kappa shape index (κ2) is 9.19. The first-order chi connectivity index (χ1) is 15.4. The predicted octanol–water partition coefficient (Wildman–Crippen LogP) is 2.56. The van der Waals surface area contributed by atoms with E-state index in [2.05, 4.69) is 39.1 Å². The zero-order chi connectivity index (χ0) is 22.7. The van der Waals surface area contributed by atoms with Gasteiger partial charge in [0.1, 0.15) is 5.82 Å². The average Bonchev–Trinajstić information content (AvgIpc) is 3.45. The molecule has 1 saturated heterocycles. The van der Waals surface area contributed by atoms with E-state index in [-0.39, 0.29) is 5.76 Å². The number of hydrogen-bond donors (Lipinski definition) is 1. The molecule has 1 aliphatic rings. The van der Waals surface area contributed by atoms with Crippen molar-refractivity contribution >= 4 is 24.7 Å². The molecule has 166 valence electrons. The number of nitrogens with one attached hydrogen (secondary N) is 1. The minimum absolute atomic E-state index is 0.134. The lowest BCUT2D eigenvalue weighted by Gasteiger charge is -2.31. The minimum atomic E-state index is -0.419. The number of carbonyl (C=O) groups excluding carboxylic acids is 1. The van der Waals surface area contributed by atoms with Crippen LogP contribution in [-0.2, 0) is 7.05 Å². The molecule has 4 rings (SSSR count). The highest BCUT2D eigenvalue weighted by Gasteiger charge is 2.21. The summed E-state index contributed by atoms with van der Waals surface area (Å²) in [5.74, 6) is 0.0471. The third-order valence-corrected chi connectivity index (χ3v) is 5.51. The van der Waals surface area contributed by atoms with Gasteiger partial charge in [0.05, 0.1) is 12.4 Å². The molecule has 3 heterocycles. The summed E-state index contributed by atoms with van der Waals surface area (Å²) in [5, 5.41) is 6.99. The van der Waals surface area contributed by atoms with Crippen molar-refractivity contribution in [3.63, 3.8) is 0 Å². The molecule has 1 aliphatic heterocycles. The number of amides is 1. The van der Waals surface area contributed by atoms with Gasteiger partial charge in [-0.1, -0.05) is 12.1 Å². The second-order valence-electron chi connectivity index (χ2n) is 7.91. The van der Waals surface area contributed by atoms with Crippen molar-refractivity contribution in [2.24, 2.45) is 12.0 Å². The number of benzene rings is 1. The Hall–Kier alpha value is -3.72. The van der Waals surface area contributed by atoms with Crippen LogP contribution in [0.25, 0.3) is 17.2 Å². The third-order valence-electron chi connectivity index (χ3n) is 5.51. The number of nitrogens with zero attached hydrogens (tertiary/aromatic N) is 6. The molecule has 2 aromatic heterocycles. The van der Waals surface area contributed by atoms with Crippen molar-refractivity contribution in [2.75, 3.05) is 38.1 Å². The summed E-state index contributed by atoms with van der Waals surface area (Å²) in [5.41, 5.74) is 4.00. The Bertz CT molecular complexity index is 1150. The molecule has 0 unspecified atom stereocenters. The number of aryl methyl sites for hydroxylation is 2. The fraction of sp³-hybridized carbons (Fsp3) is 0.304. The SMILES string of the molecule is C=N/C(=C\c1cc(-c2cnn(C)c2)ccc1C)NC(=O)c1cnc(N2CCN(C)CC2)o1. The Kier molecular flexibility index (Phi) is 6.18. The fourth-order valence-electron chi connectivity index (χ4n) is 3.51. The lowest BCUT2D eigenvalue weighted by molar-refractivity contribution is 0.0939. The van der Waals surface area contributed by atoms with Crippen molar-refractivity contribution in [2.45, 2.75) is 6.92 Å². The molecule has 0 saturated carbocycles. The highest BCUT2D eigenvalue weighted by Crippen LogP contribution is 2.23. The lowest BCUT2D eigenvalue weighted by Crippen LogP contribution is -2.44. The van der Waals surface area contributed by atoms with Gasteiger partial charge in [-0.2, -0.15) is 5.10 Å². The summed E-state index contributed by atoms with van der Waals surface area (Å²) in [4.78, 5) is 25.2. The van der Waals surface area contributed by atoms with Crippen LogP contribution in [0.2, 0.25) is 0 Å². The quantitative estimate of drug-likeness (QED) is 0.601. The van der Waals surface area contributed by atoms with Gasteiger partial charge >= 0.3 is 0 Å². The summed E-state index contributed by atoms with van der Waals surface area (Å²) >= 11 is 0. The van der Waals surface area contributed by atoms with Gasteiger partial charge in [-0.15, -0.1) is 0 Å². The maximum atomic E-state index is 12.7. The van der Waals surface area contributed by atoms with E-state index in [1.165, 1.54) is 6.20 Å². The van der Waals surface area contributed by atoms with Crippen LogP contribution in [0.4, 0.5) is 6.01 Å². The Morgan fingerprint density at radius 2 is 1.97 bits per heavy atom. The average molecular weight is 434 g/mol. The number of hydrogen-bond acceptors (Lipinski definition) is 7. The Labute approximate surface area is 187 Å². The van der Waals surface area contributed by atoms with E-state index in [1.54, 1.807) is 10.8 Å². The minimum Gasteiger partial charge on any atom is -0.418 e. The third kappa shape index (κ3) is 4.78. The molecule has 9 heteroatoms. The van der Waals surface area contributed by atoms with Gasteiger partial charge in [-0.05, 0) is 49.5 Å². The number of aromatic nitrogens is 3. The van der Waals surface area contributed by atoms with Crippen LogP contribution >= 0.6 is 0 Å². The molecular formula is C23H27N7O2. The van der Waals surface area contributed by atoms with Crippen molar-refractivity contribution < 1.29 is 9.21 Å². The largest absolute Gasteiger partial charge is 0.418 e. The summed E-state index contributed by atoms with van der Waals surface area (Å²) in [6.45, 7) is 9.07. The maximum absolute atomic E-state index is 12.7. The molecule has 1 aromatic carbocycles. The van der Waals surface area contributed by atoms with Gasteiger partial charge in [0.15, 0.2) is 0 Å². The zero-order valence-electron chi connectivity index (χ0n) is 18.6. The van der Waals surface area contributed by atoms with E-state index in [0.29, 0.717) is 11.8 Å². The van der Waals surface area contributed by atoms with Gasteiger partial charge < -0.3 is 19.5 Å². The van der Waals surface area contributed by atoms with Crippen LogP contribution < -0.4 is 10.2 Å². The van der Waals surface area contributed by atoms with Gasteiger partial charge in [0, 0.05) is 45.0 Å². The predicted molar refractivity (Wildman–Crippen MR) is 125 cm³/mol. The molecule has 0 radical (unpaired) electrons. The zero-order valence-corrected chi connectivity index (χ0v) is 18.6. The monoisotopic (exact) mass is 433 g/mol. The topological polar surface area (TPSA) is 91.8 Å². The molecule has 0 atom stereocenters. The van der Waals surface area contributed by atoms with Gasteiger partial charge in [-0.3, -0.25) is 9.48 Å². The summed E-state index contributed by atoms with van der Waals surface area (Å²) in [7, 11) is 3.96. The van der Waals surface area contributed by atoms with Crippen molar-refractivity contribution in [1.29, 1.82) is 0 Å². The van der Waals surface area contributed by atoms with Crippen molar-refractivity contribution in [3.8, 4) is 11.1 Å². The van der Waals surface area contributed by atoms with E-state index in [9.17, 15) is 4.79 Å². The summed E-state index contributed by atoms with van der Waals surface area (Å²) in [6.07, 6.45) is 7.00. The molecule has 1 amide bonds. The van der Waals surface area contributed by atoms with Crippen LogP contribution in [0.15, 0.2) is 52.0 Å². The number of oxazole rings is 1. The van der Waals surface area contributed by atoms with Crippen molar-refractivity contribution in [3.05, 3.63) is 59.5 Å². The van der Waals surface area contributed by atoms with Crippen LogP contribution in [0.5, 0.6) is 0 Å². The number of likely N-dealkylation sites (N-methyl/N-ethyl adjacent to an activating group) is 1. The Morgan fingerprint density at radius 1 is 1.19 bits per heavy atom. The summed E-state index contributed by atoms with van der Waals surface area (Å²) in [6, 6.07) is 6.55. The molecule has 32 heavy (non-hydrogen) atoms. The van der Waals surface area contributed by atoms with Gasteiger partial charge in [-0.25, -0.2) is 9.98 Å². The Morgan fingerprint density at radius 3 is 2.66 bits per heavy atom. The van der Waals surface area contributed by atoms with E-state index in [4.69, 9.17) is 4.42 Å². The number of anilines is 1. The normalized spacial score (nSPS) is 15.1. The fourth-order valence-corrected chi connectivity index (χ4v) is 3.51. The number of carbonyl (C=O) groups is 1.